The molecule has 35 heavy (non-hydrogen) atoms. The standard InChI is InChI=1S/C24H21ClN4O5S/c25-17-3-1-16-12-19(5-2-15(16)11-17)35(32,33)29-9-7-28(8-10-29)24(30)23-21(14-27-31)20-6-4-18(26)13-22(20)34-23/h1-6,11-14,31H,7-10,26H2. The molecule has 4 aromatic rings. The minimum absolute atomic E-state index is 0.00731. The molecule has 0 saturated carbocycles. The molecule has 0 spiro atoms. The van der Waals surface area contributed by atoms with E-state index in [1.165, 1.54) is 9.21 Å². The number of nitrogen functional groups attached to an aromatic ring is 1. The number of nitrogens with two attached hydrogens (primary N) is 1. The Hall–Kier alpha value is -3.60. The first-order valence-electron chi connectivity index (χ1n) is 10.8. The molecular weight excluding hydrogens is 492 g/mol. The Morgan fingerprint density at radius 2 is 1.74 bits per heavy atom. The minimum Gasteiger partial charge on any atom is -0.450 e. The van der Waals surface area contributed by atoms with E-state index >= 15 is 0 Å². The molecule has 0 aliphatic carbocycles. The van der Waals surface area contributed by atoms with Crippen LogP contribution in [0.5, 0.6) is 0 Å². The van der Waals surface area contributed by atoms with Crippen LogP contribution in [-0.2, 0) is 10.0 Å². The average molecular weight is 513 g/mol. The van der Waals surface area contributed by atoms with Crippen molar-refractivity contribution in [3.8, 4) is 0 Å². The summed E-state index contributed by atoms with van der Waals surface area (Å²) in [6, 6.07) is 15.1. The van der Waals surface area contributed by atoms with E-state index in [1.807, 2.05) is 0 Å². The molecule has 180 valence electrons. The van der Waals surface area contributed by atoms with Crippen molar-refractivity contribution in [2.75, 3.05) is 31.9 Å². The van der Waals surface area contributed by atoms with E-state index in [0.29, 0.717) is 27.2 Å². The predicted octanol–water partition coefficient (Wildman–Crippen LogP) is 3.78. The number of anilines is 1. The predicted molar refractivity (Wildman–Crippen MR) is 134 cm³/mol. The third-order valence-electron chi connectivity index (χ3n) is 6.07. The number of piperazine rings is 1. The highest BCUT2D eigenvalue weighted by Gasteiger charge is 2.32. The van der Waals surface area contributed by atoms with Crippen LogP contribution in [0.1, 0.15) is 16.1 Å². The van der Waals surface area contributed by atoms with Gasteiger partial charge in [0.2, 0.25) is 15.8 Å². The molecule has 0 bridgehead atoms. The van der Waals surface area contributed by atoms with Gasteiger partial charge in [0.25, 0.3) is 5.91 Å². The molecule has 3 aromatic carbocycles. The lowest BCUT2D eigenvalue weighted by molar-refractivity contribution is 0.0668. The normalized spacial score (nSPS) is 15.4. The lowest BCUT2D eigenvalue weighted by atomic mass is 10.1. The van der Waals surface area contributed by atoms with Crippen LogP contribution in [0, 0.1) is 0 Å². The second kappa shape index (κ2) is 8.88. The Kier molecular flexibility index (Phi) is 5.87. The first-order chi connectivity index (χ1) is 16.8. The van der Waals surface area contributed by atoms with Gasteiger partial charge in [-0.3, -0.25) is 4.79 Å². The summed E-state index contributed by atoms with van der Waals surface area (Å²) in [5.41, 5.74) is 7.00. The van der Waals surface area contributed by atoms with Crippen molar-refractivity contribution in [1.29, 1.82) is 0 Å². The summed E-state index contributed by atoms with van der Waals surface area (Å²) < 4.78 is 33.6. The van der Waals surface area contributed by atoms with Crippen LogP contribution in [0.15, 0.2) is 69.1 Å². The number of nitrogens with zero attached hydrogens (tertiary/aromatic N) is 3. The lowest BCUT2D eigenvalue weighted by Gasteiger charge is -2.33. The molecule has 1 amide bonds. The fourth-order valence-electron chi connectivity index (χ4n) is 4.26. The van der Waals surface area contributed by atoms with Gasteiger partial charge >= 0.3 is 0 Å². The van der Waals surface area contributed by atoms with E-state index in [9.17, 15) is 13.2 Å². The number of hydrogen-bond donors (Lipinski definition) is 2. The quantitative estimate of drug-likeness (QED) is 0.185. The molecule has 0 radical (unpaired) electrons. The zero-order valence-corrected chi connectivity index (χ0v) is 20.0. The number of benzene rings is 3. The maximum atomic E-state index is 13.3. The second-order valence-corrected chi connectivity index (χ2v) is 10.6. The van der Waals surface area contributed by atoms with E-state index in [0.717, 1.165) is 17.0 Å². The van der Waals surface area contributed by atoms with Crippen LogP contribution in [0.2, 0.25) is 5.02 Å². The van der Waals surface area contributed by atoms with Gasteiger partial charge in [0.05, 0.1) is 16.7 Å². The van der Waals surface area contributed by atoms with Gasteiger partial charge in [-0.1, -0.05) is 28.9 Å². The number of hydrogen-bond acceptors (Lipinski definition) is 7. The van der Waals surface area contributed by atoms with Gasteiger partial charge in [0.15, 0.2) is 0 Å². The maximum absolute atomic E-state index is 13.3. The fourth-order valence-corrected chi connectivity index (χ4v) is 5.90. The number of fused-ring (bicyclic) bond motifs is 2. The summed E-state index contributed by atoms with van der Waals surface area (Å²) in [5, 5.41) is 14.9. The molecule has 1 aliphatic rings. The largest absolute Gasteiger partial charge is 0.450 e. The summed E-state index contributed by atoms with van der Waals surface area (Å²) in [6.45, 7) is 0.610. The highest BCUT2D eigenvalue weighted by atomic mass is 35.5. The molecule has 3 N–H and O–H groups in total. The van der Waals surface area contributed by atoms with Crippen molar-refractivity contribution in [2.24, 2.45) is 5.16 Å². The summed E-state index contributed by atoms with van der Waals surface area (Å²) >= 11 is 6.02. The van der Waals surface area contributed by atoms with Crippen molar-refractivity contribution in [3.63, 3.8) is 0 Å². The van der Waals surface area contributed by atoms with Crippen molar-refractivity contribution in [3.05, 3.63) is 70.9 Å². The molecule has 1 fully saturated rings. The van der Waals surface area contributed by atoms with Gasteiger partial charge in [-0.2, -0.15) is 4.31 Å². The molecule has 11 heteroatoms. The Balaban J connectivity index is 1.36. The smallest absolute Gasteiger partial charge is 0.290 e. The number of carbonyl (C=O) groups is 1. The zero-order chi connectivity index (χ0) is 24.7. The molecular formula is C24H21ClN4O5S. The lowest BCUT2D eigenvalue weighted by Crippen LogP contribution is -2.50. The highest BCUT2D eigenvalue weighted by Crippen LogP contribution is 2.29. The van der Waals surface area contributed by atoms with E-state index in [2.05, 4.69) is 5.16 Å². The fraction of sp³-hybridized carbons (Fsp3) is 0.167. The molecule has 0 unspecified atom stereocenters. The second-order valence-electron chi connectivity index (χ2n) is 8.19. The molecule has 5 rings (SSSR count). The van der Waals surface area contributed by atoms with Crippen molar-refractivity contribution in [1.82, 2.24) is 9.21 Å². The van der Waals surface area contributed by atoms with Crippen LogP contribution >= 0.6 is 11.6 Å². The van der Waals surface area contributed by atoms with E-state index in [-0.39, 0.29) is 36.8 Å². The van der Waals surface area contributed by atoms with Crippen LogP contribution in [0.4, 0.5) is 5.69 Å². The molecule has 2 heterocycles. The number of sulfonamides is 1. The van der Waals surface area contributed by atoms with Crippen molar-refractivity contribution < 1.29 is 22.8 Å². The summed E-state index contributed by atoms with van der Waals surface area (Å²) in [7, 11) is -3.75. The number of rotatable bonds is 4. The first-order valence-corrected chi connectivity index (χ1v) is 12.6. The Morgan fingerprint density at radius 1 is 1.03 bits per heavy atom. The van der Waals surface area contributed by atoms with Crippen molar-refractivity contribution >= 4 is 61.2 Å². The monoisotopic (exact) mass is 512 g/mol. The molecule has 1 aliphatic heterocycles. The van der Waals surface area contributed by atoms with Crippen LogP contribution < -0.4 is 5.73 Å². The van der Waals surface area contributed by atoms with Crippen LogP contribution in [-0.4, -0.2) is 61.1 Å². The molecule has 0 atom stereocenters. The number of furan rings is 1. The van der Waals surface area contributed by atoms with E-state index < -0.39 is 15.9 Å². The van der Waals surface area contributed by atoms with E-state index in [4.69, 9.17) is 27.0 Å². The Labute approximate surface area is 206 Å². The summed E-state index contributed by atoms with van der Waals surface area (Å²) in [5.74, 6) is -0.415. The molecule has 9 nitrogen and oxygen atoms in total. The van der Waals surface area contributed by atoms with Gasteiger partial charge in [0, 0.05) is 48.3 Å². The molecule has 1 saturated heterocycles. The van der Waals surface area contributed by atoms with Crippen LogP contribution in [0.25, 0.3) is 21.7 Å². The van der Waals surface area contributed by atoms with Gasteiger partial charge in [0.1, 0.15) is 5.58 Å². The Morgan fingerprint density at radius 3 is 2.49 bits per heavy atom. The topological polar surface area (TPSA) is 129 Å². The van der Waals surface area contributed by atoms with Gasteiger partial charge < -0.3 is 20.3 Å². The number of carbonyl (C=O) groups excluding carboxylic acids is 1. The summed E-state index contributed by atoms with van der Waals surface area (Å²) in [6.07, 6.45) is 1.14. The first kappa shape index (κ1) is 23.2. The number of oxime groups is 1. The minimum atomic E-state index is -3.75. The highest BCUT2D eigenvalue weighted by molar-refractivity contribution is 7.89. The van der Waals surface area contributed by atoms with Crippen LogP contribution in [0.3, 0.4) is 0 Å². The van der Waals surface area contributed by atoms with Crippen molar-refractivity contribution in [2.45, 2.75) is 4.90 Å². The van der Waals surface area contributed by atoms with Gasteiger partial charge in [-0.15, -0.1) is 0 Å². The zero-order valence-electron chi connectivity index (χ0n) is 18.4. The third kappa shape index (κ3) is 4.20. The third-order valence-corrected chi connectivity index (χ3v) is 8.20. The Bertz CT molecular complexity index is 1590. The maximum Gasteiger partial charge on any atom is 0.290 e. The number of amides is 1. The summed E-state index contributed by atoms with van der Waals surface area (Å²) in [4.78, 5) is 14.9. The van der Waals surface area contributed by atoms with Gasteiger partial charge in [-0.25, -0.2) is 8.42 Å². The molecule has 1 aromatic heterocycles. The van der Waals surface area contributed by atoms with E-state index in [1.54, 1.807) is 54.6 Å². The SMILES string of the molecule is Nc1ccc2c(C=NO)c(C(=O)N3CCN(S(=O)(=O)c4ccc5cc(Cl)ccc5c4)CC3)oc2c1. The number of halogens is 1. The van der Waals surface area contributed by atoms with Gasteiger partial charge in [-0.05, 0) is 47.2 Å². The average Bonchev–Trinajstić information content (AvgIpc) is 3.20.